The molecular formula is C9H8F3N3. The summed E-state index contributed by atoms with van der Waals surface area (Å²) in [5.74, 6) is -1.03. The number of halogens is 3. The molecular weight excluding hydrogens is 207 g/mol. The van der Waals surface area contributed by atoms with Gasteiger partial charge in [-0.05, 0) is 11.6 Å². The molecule has 0 unspecified atom stereocenters. The number of nitriles is 1. The van der Waals surface area contributed by atoms with E-state index in [4.69, 9.17) is 11.0 Å². The summed E-state index contributed by atoms with van der Waals surface area (Å²) >= 11 is 0. The molecule has 0 fully saturated rings. The van der Waals surface area contributed by atoms with Crippen molar-refractivity contribution in [1.29, 1.82) is 5.26 Å². The van der Waals surface area contributed by atoms with E-state index in [9.17, 15) is 13.2 Å². The molecule has 0 aliphatic heterocycles. The molecule has 1 heterocycles. The third-order valence-electron chi connectivity index (χ3n) is 1.88. The molecule has 0 aromatic carbocycles. The lowest BCUT2D eigenvalue weighted by Crippen LogP contribution is -2.09. The molecule has 0 saturated heterocycles. The van der Waals surface area contributed by atoms with Crippen LogP contribution < -0.4 is 5.73 Å². The van der Waals surface area contributed by atoms with E-state index >= 15 is 0 Å². The molecule has 1 aromatic heterocycles. The maximum absolute atomic E-state index is 13.2. The molecule has 0 aliphatic rings. The molecule has 1 aromatic rings. The van der Waals surface area contributed by atoms with Gasteiger partial charge in [0.2, 0.25) is 5.95 Å². The summed E-state index contributed by atoms with van der Waals surface area (Å²) in [4.78, 5) is 3.08. The quantitative estimate of drug-likeness (QED) is 0.780. The Morgan fingerprint density at radius 3 is 2.67 bits per heavy atom. The number of rotatable bonds is 3. The maximum atomic E-state index is 13.2. The Labute approximate surface area is 84.3 Å². The highest BCUT2D eigenvalue weighted by atomic mass is 19.3. The van der Waals surface area contributed by atoms with Crippen molar-refractivity contribution < 1.29 is 13.2 Å². The molecule has 2 N–H and O–H groups in total. The smallest absolute Gasteiger partial charge is 0.280 e. The minimum Gasteiger partial charge on any atom is -0.326 e. The first-order chi connectivity index (χ1) is 7.10. The lowest BCUT2D eigenvalue weighted by molar-refractivity contribution is 0.144. The second-order valence-corrected chi connectivity index (χ2v) is 2.82. The predicted molar refractivity (Wildman–Crippen MR) is 46.4 cm³/mol. The fraction of sp³-hybridized carbons (Fsp3) is 0.333. The summed E-state index contributed by atoms with van der Waals surface area (Å²) in [6.45, 7) is -0.167. The van der Waals surface area contributed by atoms with Crippen molar-refractivity contribution in [3.8, 4) is 6.07 Å². The minimum atomic E-state index is -2.86. The highest BCUT2D eigenvalue weighted by Crippen LogP contribution is 2.21. The van der Waals surface area contributed by atoms with E-state index in [1.165, 1.54) is 0 Å². The average molecular weight is 215 g/mol. The van der Waals surface area contributed by atoms with Gasteiger partial charge in [0.25, 0.3) is 6.43 Å². The van der Waals surface area contributed by atoms with E-state index in [0.29, 0.717) is 0 Å². The number of nitrogens with two attached hydrogens (primary N) is 1. The molecule has 0 radical (unpaired) electrons. The predicted octanol–water partition coefficient (Wildman–Crippen LogP) is 1.68. The van der Waals surface area contributed by atoms with Crippen LogP contribution in [0, 0.1) is 17.3 Å². The third-order valence-corrected chi connectivity index (χ3v) is 1.88. The van der Waals surface area contributed by atoms with Crippen molar-refractivity contribution in [2.45, 2.75) is 19.4 Å². The van der Waals surface area contributed by atoms with Gasteiger partial charge in [0, 0.05) is 12.1 Å². The molecule has 0 spiro atoms. The summed E-state index contributed by atoms with van der Waals surface area (Å²) in [5, 5.41) is 8.44. The van der Waals surface area contributed by atoms with Gasteiger partial charge < -0.3 is 5.73 Å². The summed E-state index contributed by atoms with van der Waals surface area (Å²) in [6, 6.07) is 2.77. The number of pyridine rings is 1. The summed E-state index contributed by atoms with van der Waals surface area (Å²) in [7, 11) is 0. The van der Waals surface area contributed by atoms with E-state index in [-0.39, 0.29) is 24.1 Å². The second kappa shape index (κ2) is 4.75. The molecule has 6 heteroatoms. The van der Waals surface area contributed by atoms with Crippen LogP contribution in [-0.2, 0) is 13.0 Å². The number of hydrogen-bond acceptors (Lipinski definition) is 3. The van der Waals surface area contributed by atoms with E-state index in [2.05, 4.69) is 4.98 Å². The molecule has 15 heavy (non-hydrogen) atoms. The standard InChI is InChI=1S/C9H8F3N3/c10-8(11)7-3-5(1-2-13)6(4-14)9(12)15-7/h3,8H,1,4,14H2. The Morgan fingerprint density at radius 2 is 2.20 bits per heavy atom. The van der Waals surface area contributed by atoms with Crippen molar-refractivity contribution in [3.63, 3.8) is 0 Å². The van der Waals surface area contributed by atoms with Crippen LogP contribution in [-0.4, -0.2) is 4.98 Å². The Balaban J connectivity index is 3.26. The first-order valence-electron chi connectivity index (χ1n) is 4.13. The van der Waals surface area contributed by atoms with Crippen LogP contribution in [0.5, 0.6) is 0 Å². The van der Waals surface area contributed by atoms with Crippen LogP contribution in [0.3, 0.4) is 0 Å². The van der Waals surface area contributed by atoms with Crippen molar-refractivity contribution in [2.75, 3.05) is 0 Å². The van der Waals surface area contributed by atoms with E-state index in [1.807, 2.05) is 0 Å². The van der Waals surface area contributed by atoms with Crippen LogP contribution in [0.2, 0.25) is 0 Å². The average Bonchev–Trinajstić information content (AvgIpc) is 2.17. The van der Waals surface area contributed by atoms with Gasteiger partial charge in [0.05, 0.1) is 12.5 Å². The zero-order chi connectivity index (χ0) is 11.4. The van der Waals surface area contributed by atoms with Crippen molar-refractivity contribution in [1.82, 2.24) is 4.98 Å². The SMILES string of the molecule is N#CCc1cc(C(F)F)nc(F)c1CN. The van der Waals surface area contributed by atoms with E-state index in [1.54, 1.807) is 6.07 Å². The minimum absolute atomic E-state index is 0.0148. The number of nitrogens with zero attached hydrogens (tertiary/aromatic N) is 2. The Kier molecular flexibility index (Phi) is 3.63. The highest BCUT2D eigenvalue weighted by molar-refractivity contribution is 5.30. The van der Waals surface area contributed by atoms with Crippen LogP contribution >= 0.6 is 0 Å². The molecule has 0 atom stereocenters. The van der Waals surface area contributed by atoms with Gasteiger partial charge in [0.1, 0.15) is 5.69 Å². The number of alkyl halides is 2. The van der Waals surface area contributed by atoms with Gasteiger partial charge in [-0.3, -0.25) is 0 Å². The van der Waals surface area contributed by atoms with E-state index in [0.717, 1.165) is 6.07 Å². The molecule has 3 nitrogen and oxygen atoms in total. The molecule has 80 valence electrons. The van der Waals surface area contributed by atoms with Gasteiger partial charge in [-0.25, -0.2) is 13.8 Å². The normalized spacial score (nSPS) is 10.4. The zero-order valence-corrected chi connectivity index (χ0v) is 7.67. The van der Waals surface area contributed by atoms with Gasteiger partial charge in [-0.1, -0.05) is 0 Å². The first kappa shape index (κ1) is 11.5. The highest BCUT2D eigenvalue weighted by Gasteiger charge is 2.16. The molecule has 0 saturated carbocycles. The van der Waals surface area contributed by atoms with Gasteiger partial charge >= 0.3 is 0 Å². The van der Waals surface area contributed by atoms with Crippen LogP contribution in [0.4, 0.5) is 13.2 Å². The van der Waals surface area contributed by atoms with Crippen molar-refractivity contribution in [2.24, 2.45) is 5.73 Å². The fourth-order valence-electron chi connectivity index (χ4n) is 1.18. The number of hydrogen-bond donors (Lipinski definition) is 1. The summed E-state index contributed by atoms with van der Waals surface area (Å²) in [5.41, 5.74) is 4.74. The van der Waals surface area contributed by atoms with Crippen LogP contribution in [0.1, 0.15) is 23.2 Å². The molecule has 1 rings (SSSR count). The fourth-order valence-corrected chi connectivity index (χ4v) is 1.18. The molecule has 0 bridgehead atoms. The molecule has 0 aliphatic carbocycles. The lowest BCUT2D eigenvalue weighted by atomic mass is 10.1. The van der Waals surface area contributed by atoms with Crippen LogP contribution in [0.25, 0.3) is 0 Å². The number of aromatic nitrogens is 1. The maximum Gasteiger partial charge on any atom is 0.280 e. The van der Waals surface area contributed by atoms with Crippen molar-refractivity contribution >= 4 is 0 Å². The van der Waals surface area contributed by atoms with Gasteiger partial charge in [-0.15, -0.1) is 0 Å². The van der Waals surface area contributed by atoms with E-state index < -0.39 is 18.1 Å². The van der Waals surface area contributed by atoms with Gasteiger partial charge in [0.15, 0.2) is 0 Å². The first-order valence-corrected chi connectivity index (χ1v) is 4.13. The monoisotopic (exact) mass is 215 g/mol. The summed E-state index contributed by atoms with van der Waals surface area (Å²) < 4.78 is 37.7. The Bertz CT molecular complexity index is 398. The zero-order valence-electron chi connectivity index (χ0n) is 7.67. The third kappa shape index (κ3) is 2.44. The second-order valence-electron chi connectivity index (χ2n) is 2.82. The van der Waals surface area contributed by atoms with Crippen molar-refractivity contribution in [3.05, 3.63) is 28.8 Å². The van der Waals surface area contributed by atoms with Crippen LogP contribution in [0.15, 0.2) is 6.07 Å². The Hall–Kier alpha value is -1.61. The largest absolute Gasteiger partial charge is 0.326 e. The Morgan fingerprint density at radius 1 is 1.53 bits per heavy atom. The summed E-state index contributed by atoms with van der Waals surface area (Å²) in [6.07, 6.45) is -3.02. The lowest BCUT2D eigenvalue weighted by Gasteiger charge is -2.07. The molecule has 0 amide bonds. The van der Waals surface area contributed by atoms with Gasteiger partial charge in [-0.2, -0.15) is 9.65 Å². The topological polar surface area (TPSA) is 62.7 Å².